The molecule has 2 aliphatic rings. The second-order valence-corrected chi connectivity index (χ2v) is 6.46. The van der Waals surface area contributed by atoms with Crippen LogP contribution in [-0.4, -0.2) is 44.8 Å². The van der Waals surface area contributed by atoms with E-state index in [-0.39, 0.29) is 0 Å². The van der Waals surface area contributed by atoms with E-state index in [2.05, 4.69) is 22.0 Å². The highest BCUT2D eigenvalue weighted by molar-refractivity contribution is 5.82. The van der Waals surface area contributed by atoms with Gasteiger partial charge in [-0.3, -0.25) is 0 Å². The lowest BCUT2D eigenvalue weighted by molar-refractivity contribution is 0.338. The van der Waals surface area contributed by atoms with Gasteiger partial charge in [0.05, 0.1) is 11.7 Å². The van der Waals surface area contributed by atoms with E-state index in [0.717, 1.165) is 42.8 Å². The van der Waals surface area contributed by atoms with Crippen LogP contribution in [0.2, 0.25) is 0 Å². The number of hydrogen-bond donors (Lipinski definition) is 1. The molecule has 1 saturated carbocycles. The predicted molar refractivity (Wildman–Crippen MR) is 82.1 cm³/mol. The number of nitrogens with two attached hydrogens (primary N) is 1. The molecule has 3 heterocycles. The standard InChI is InChI=1S/C15H22N6/c1-20-7-2-3-11(6-8-20)21-15-13(14(16)19-21)17-9-12(18-15)10-4-5-10/h9-11H,2-8H2,1H3,(H2,16,19). The Hall–Kier alpha value is -1.69. The highest BCUT2D eigenvalue weighted by atomic mass is 15.4. The molecular formula is C15H22N6. The highest BCUT2D eigenvalue weighted by Gasteiger charge is 2.27. The maximum Gasteiger partial charge on any atom is 0.179 e. The molecule has 0 spiro atoms. The number of anilines is 1. The third-order valence-electron chi connectivity index (χ3n) is 4.71. The molecule has 6 heteroatoms. The Morgan fingerprint density at radius 2 is 2.05 bits per heavy atom. The molecule has 2 N–H and O–H groups in total. The molecule has 1 saturated heterocycles. The van der Waals surface area contributed by atoms with Crippen molar-refractivity contribution < 1.29 is 0 Å². The van der Waals surface area contributed by atoms with Crippen LogP contribution in [-0.2, 0) is 0 Å². The second kappa shape index (κ2) is 4.94. The Bertz CT molecular complexity index is 659. The Balaban J connectivity index is 1.74. The van der Waals surface area contributed by atoms with E-state index in [4.69, 9.17) is 10.7 Å². The lowest BCUT2D eigenvalue weighted by Crippen LogP contribution is -2.19. The zero-order chi connectivity index (χ0) is 14.4. The number of rotatable bonds is 2. The zero-order valence-corrected chi connectivity index (χ0v) is 12.5. The van der Waals surface area contributed by atoms with Crippen LogP contribution in [0.15, 0.2) is 6.20 Å². The van der Waals surface area contributed by atoms with Crippen molar-refractivity contribution in [2.75, 3.05) is 25.9 Å². The molecule has 2 fully saturated rings. The number of hydrogen-bond acceptors (Lipinski definition) is 5. The zero-order valence-electron chi connectivity index (χ0n) is 12.5. The number of nitrogen functional groups attached to an aromatic ring is 1. The van der Waals surface area contributed by atoms with Gasteiger partial charge in [0.25, 0.3) is 0 Å². The monoisotopic (exact) mass is 286 g/mol. The first-order chi connectivity index (χ1) is 10.2. The average Bonchev–Trinajstić information content (AvgIpc) is 3.29. The lowest BCUT2D eigenvalue weighted by atomic mass is 10.1. The molecule has 112 valence electrons. The van der Waals surface area contributed by atoms with Gasteiger partial charge < -0.3 is 10.6 Å². The third-order valence-corrected chi connectivity index (χ3v) is 4.71. The first-order valence-corrected chi connectivity index (χ1v) is 7.91. The quantitative estimate of drug-likeness (QED) is 0.913. The van der Waals surface area contributed by atoms with Crippen LogP contribution in [0, 0.1) is 0 Å². The van der Waals surface area contributed by atoms with Gasteiger partial charge in [0, 0.05) is 12.1 Å². The van der Waals surface area contributed by atoms with Crippen molar-refractivity contribution in [1.29, 1.82) is 0 Å². The van der Waals surface area contributed by atoms with E-state index in [1.54, 1.807) is 0 Å². The molecule has 6 nitrogen and oxygen atoms in total. The van der Waals surface area contributed by atoms with Crippen LogP contribution in [0.5, 0.6) is 0 Å². The summed E-state index contributed by atoms with van der Waals surface area (Å²) in [5, 5.41) is 4.55. The van der Waals surface area contributed by atoms with Crippen LogP contribution in [0.3, 0.4) is 0 Å². The van der Waals surface area contributed by atoms with Crippen molar-refractivity contribution >= 4 is 17.0 Å². The number of likely N-dealkylation sites (tertiary alicyclic amines) is 1. The molecule has 1 aliphatic carbocycles. The predicted octanol–water partition coefficient (Wildman–Crippen LogP) is 1.94. The fraction of sp³-hybridized carbons (Fsp3) is 0.667. The van der Waals surface area contributed by atoms with Gasteiger partial charge in [0.1, 0.15) is 0 Å². The number of fused-ring (bicyclic) bond motifs is 1. The summed E-state index contributed by atoms with van der Waals surface area (Å²) in [7, 11) is 2.18. The topological polar surface area (TPSA) is 72.9 Å². The summed E-state index contributed by atoms with van der Waals surface area (Å²) in [5.74, 6) is 1.11. The molecule has 2 aromatic rings. The fourth-order valence-electron chi connectivity index (χ4n) is 3.24. The van der Waals surface area contributed by atoms with Gasteiger partial charge in [-0.15, -0.1) is 0 Å². The summed E-state index contributed by atoms with van der Waals surface area (Å²) < 4.78 is 2.04. The Labute approximate surface area is 124 Å². The van der Waals surface area contributed by atoms with Crippen LogP contribution in [0.4, 0.5) is 5.82 Å². The fourth-order valence-corrected chi connectivity index (χ4v) is 3.24. The van der Waals surface area contributed by atoms with E-state index in [1.165, 1.54) is 19.3 Å². The summed E-state index contributed by atoms with van der Waals surface area (Å²) in [5.41, 5.74) is 8.80. The van der Waals surface area contributed by atoms with Gasteiger partial charge in [0.15, 0.2) is 17.0 Å². The van der Waals surface area contributed by atoms with E-state index >= 15 is 0 Å². The summed E-state index contributed by atoms with van der Waals surface area (Å²) >= 11 is 0. The SMILES string of the molecule is CN1CCCC(n2nc(N)c3ncc(C4CC4)nc32)CC1. The lowest BCUT2D eigenvalue weighted by Gasteiger charge is -2.16. The minimum atomic E-state index is 0.388. The Morgan fingerprint density at radius 3 is 2.86 bits per heavy atom. The summed E-state index contributed by atoms with van der Waals surface area (Å²) in [6.45, 7) is 2.26. The average molecular weight is 286 g/mol. The van der Waals surface area contributed by atoms with Crippen molar-refractivity contribution in [2.45, 2.75) is 44.1 Å². The molecule has 0 amide bonds. The van der Waals surface area contributed by atoms with E-state index < -0.39 is 0 Å². The Kier molecular flexibility index (Phi) is 3.06. The van der Waals surface area contributed by atoms with Gasteiger partial charge >= 0.3 is 0 Å². The van der Waals surface area contributed by atoms with Crippen molar-refractivity contribution in [3.05, 3.63) is 11.9 Å². The van der Waals surface area contributed by atoms with Crippen molar-refractivity contribution in [3.8, 4) is 0 Å². The number of aromatic nitrogens is 4. The van der Waals surface area contributed by atoms with Gasteiger partial charge in [-0.05, 0) is 52.2 Å². The van der Waals surface area contributed by atoms with E-state index in [1.807, 2.05) is 10.9 Å². The highest BCUT2D eigenvalue weighted by Crippen LogP contribution is 2.39. The van der Waals surface area contributed by atoms with Crippen molar-refractivity contribution in [1.82, 2.24) is 24.6 Å². The largest absolute Gasteiger partial charge is 0.380 e. The first kappa shape index (κ1) is 13.0. The minimum absolute atomic E-state index is 0.388. The molecule has 21 heavy (non-hydrogen) atoms. The van der Waals surface area contributed by atoms with E-state index in [9.17, 15) is 0 Å². The molecular weight excluding hydrogens is 264 g/mol. The van der Waals surface area contributed by atoms with Crippen molar-refractivity contribution in [3.63, 3.8) is 0 Å². The molecule has 1 aliphatic heterocycles. The van der Waals surface area contributed by atoms with Crippen LogP contribution >= 0.6 is 0 Å². The maximum atomic E-state index is 6.05. The summed E-state index contributed by atoms with van der Waals surface area (Å²) in [6.07, 6.45) is 7.77. The van der Waals surface area contributed by atoms with E-state index in [0.29, 0.717) is 17.8 Å². The normalized spacial score (nSPS) is 24.3. The molecule has 4 rings (SSSR count). The Morgan fingerprint density at radius 1 is 1.19 bits per heavy atom. The molecule has 0 bridgehead atoms. The third kappa shape index (κ3) is 2.37. The molecule has 1 unspecified atom stereocenters. The van der Waals surface area contributed by atoms with Gasteiger partial charge in [-0.25, -0.2) is 14.6 Å². The smallest absolute Gasteiger partial charge is 0.179 e. The molecule has 0 radical (unpaired) electrons. The number of nitrogens with zero attached hydrogens (tertiary/aromatic N) is 5. The van der Waals surface area contributed by atoms with Crippen LogP contribution in [0.1, 0.15) is 49.8 Å². The van der Waals surface area contributed by atoms with Crippen LogP contribution in [0.25, 0.3) is 11.2 Å². The first-order valence-electron chi connectivity index (χ1n) is 7.91. The summed E-state index contributed by atoms with van der Waals surface area (Å²) in [6, 6.07) is 0.388. The van der Waals surface area contributed by atoms with Gasteiger partial charge in [0.2, 0.25) is 0 Å². The molecule has 1 atom stereocenters. The van der Waals surface area contributed by atoms with Gasteiger partial charge in [-0.1, -0.05) is 0 Å². The van der Waals surface area contributed by atoms with Crippen molar-refractivity contribution in [2.24, 2.45) is 0 Å². The second-order valence-electron chi connectivity index (χ2n) is 6.46. The maximum absolute atomic E-state index is 6.05. The molecule has 0 aromatic carbocycles. The van der Waals surface area contributed by atoms with Crippen LogP contribution < -0.4 is 5.73 Å². The molecule has 2 aromatic heterocycles. The minimum Gasteiger partial charge on any atom is -0.380 e. The van der Waals surface area contributed by atoms with Gasteiger partial charge in [-0.2, -0.15) is 5.10 Å². The summed E-state index contributed by atoms with van der Waals surface area (Å²) in [4.78, 5) is 11.7.